The van der Waals surface area contributed by atoms with Gasteiger partial charge in [0.05, 0.1) is 30.4 Å². The molecule has 3 rings (SSSR count). The maximum absolute atomic E-state index is 12.2. The molecular formula is C18H23N5O3. The van der Waals surface area contributed by atoms with Crippen LogP contribution in [-0.2, 0) is 4.74 Å². The number of ether oxygens (including phenoxy) is 2. The van der Waals surface area contributed by atoms with Crippen LogP contribution in [0.3, 0.4) is 0 Å². The van der Waals surface area contributed by atoms with E-state index < -0.39 is 6.03 Å². The molecule has 1 aliphatic heterocycles. The lowest BCUT2D eigenvalue weighted by atomic mass is 10.2. The number of urea groups is 1. The van der Waals surface area contributed by atoms with Crippen molar-refractivity contribution in [2.75, 3.05) is 36.9 Å². The number of amides is 2. The van der Waals surface area contributed by atoms with Gasteiger partial charge in [0, 0.05) is 13.1 Å². The summed E-state index contributed by atoms with van der Waals surface area (Å²) in [6.45, 7) is 6.50. The fraction of sp³-hybridized carbons (Fsp3) is 0.389. The van der Waals surface area contributed by atoms with Crippen molar-refractivity contribution < 1.29 is 14.3 Å². The monoisotopic (exact) mass is 357 g/mol. The number of aryl methyl sites for hydroxylation is 2. The van der Waals surface area contributed by atoms with E-state index in [1.165, 1.54) is 6.20 Å². The van der Waals surface area contributed by atoms with Crippen molar-refractivity contribution in [2.45, 2.75) is 20.0 Å². The Morgan fingerprint density at radius 1 is 1.31 bits per heavy atom. The number of nitrogens with zero attached hydrogens (tertiary/aromatic N) is 2. The zero-order chi connectivity index (χ0) is 18.4. The maximum atomic E-state index is 12.2. The Hall–Kier alpha value is -2.71. The Labute approximate surface area is 152 Å². The molecule has 0 radical (unpaired) electrons. The number of aromatic nitrogens is 2. The van der Waals surface area contributed by atoms with Crippen molar-refractivity contribution in [1.82, 2.24) is 15.3 Å². The molecular weight excluding hydrogens is 334 g/mol. The van der Waals surface area contributed by atoms with E-state index in [0.29, 0.717) is 30.5 Å². The molecule has 1 atom stereocenters. The summed E-state index contributed by atoms with van der Waals surface area (Å²) in [5.41, 5.74) is 2.40. The van der Waals surface area contributed by atoms with Gasteiger partial charge in [-0.05, 0) is 31.5 Å². The second kappa shape index (κ2) is 8.59. The van der Waals surface area contributed by atoms with Crippen LogP contribution < -0.4 is 20.7 Å². The number of carbonyl (C=O) groups is 1. The molecule has 0 spiro atoms. The lowest BCUT2D eigenvalue weighted by Gasteiger charge is -2.24. The Morgan fingerprint density at radius 2 is 2.19 bits per heavy atom. The average molecular weight is 357 g/mol. The third kappa shape index (κ3) is 5.14. The number of hydrogen-bond donors (Lipinski definition) is 3. The maximum Gasteiger partial charge on any atom is 0.324 e. The molecule has 8 nitrogen and oxygen atoms in total. The SMILES string of the molecule is Cc1ccc(NC(=O)Nc2cnc(C)cn2)c(OCC2CNCCO2)c1. The highest BCUT2D eigenvalue weighted by atomic mass is 16.5. The number of hydrogen-bond acceptors (Lipinski definition) is 6. The third-order valence-corrected chi connectivity index (χ3v) is 3.84. The van der Waals surface area contributed by atoms with Crippen molar-refractivity contribution >= 4 is 17.5 Å². The average Bonchev–Trinajstić information content (AvgIpc) is 2.64. The Morgan fingerprint density at radius 3 is 2.92 bits per heavy atom. The zero-order valence-electron chi connectivity index (χ0n) is 14.9. The van der Waals surface area contributed by atoms with Gasteiger partial charge in [0.25, 0.3) is 0 Å². The van der Waals surface area contributed by atoms with Crippen LogP contribution in [0.1, 0.15) is 11.3 Å². The van der Waals surface area contributed by atoms with Crippen LogP contribution in [0.15, 0.2) is 30.6 Å². The Bertz CT molecular complexity index is 745. The largest absolute Gasteiger partial charge is 0.489 e. The molecule has 26 heavy (non-hydrogen) atoms. The molecule has 0 aliphatic carbocycles. The number of morpholine rings is 1. The van der Waals surface area contributed by atoms with Gasteiger partial charge in [0.2, 0.25) is 0 Å². The van der Waals surface area contributed by atoms with Gasteiger partial charge in [-0.1, -0.05) is 6.07 Å². The minimum Gasteiger partial charge on any atom is -0.489 e. The molecule has 2 amide bonds. The molecule has 1 aromatic heterocycles. The smallest absolute Gasteiger partial charge is 0.324 e. The summed E-state index contributed by atoms with van der Waals surface area (Å²) in [5, 5.41) is 8.70. The summed E-state index contributed by atoms with van der Waals surface area (Å²) >= 11 is 0. The van der Waals surface area contributed by atoms with Crippen molar-refractivity contribution in [3.05, 3.63) is 41.9 Å². The van der Waals surface area contributed by atoms with Crippen molar-refractivity contribution in [3.8, 4) is 5.75 Å². The zero-order valence-corrected chi connectivity index (χ0v) is 14.9. The Balaban J connectivity index is 1.62. The molecule has 3 N–H and O–H groups in total. The van der Waals surface area contributed by atoms with Gasteiger partial charge in [0.1, 0.15) is 18.5 Å². The molecule has 0 saturated carbocycles. The van der Waals surface area contributed by atoms with Crippen LogP contribution in [0.5, 0.6) is 5.75 Å². The van der Waals surface area contributed by atoms with Crippen LogP contribution in [-0.4, -0.2) is 48.4 Å². The second-order valence-corrected chi connectivity index (χ2v) is 6.13. The number of anilines is 2. The highest BCUT2D eigenvalue weighted by Gasteiger charge is 2.16. The lowest BCUT2D eigenvalue weighted by Crippen LogP contribution is -2.41. The third-order valence-electron chi connectivity index (χ3n) is 3.84. The van der Waals surface area contributed by atoms with Crippen LogP contribution in [0.25, 0.3) is 0 Å². The van der Waals surface area contributed by atoms with Gasteiger partial charge >= 0.3 is 6.03 Å². The van der Waals surface area contributed by atoms with E-state index in [4.69, 9.17) is 9.47 Å². The van der Waals surface area contributed by atoms with Crippen LogP contribution in [0.4, 0.5) is 16.3 Å². The number of carbonyl (C=O) groups excluding carboxylic acids is 1. The van der Waals surface area contributed by atoms with Crippen molar-refractivity contribution in [3.63, 3.8) is 0 Å². The standard InChI is InChI=1S/C18H23N5O3/c1-12-3-4-15(16(7-12)26-11-14-9-19-5-6-25-14)22-18(24)23-17-10-20-13(2)8-21-17/h3-4,7-8,10,14,19H,5-6,9,11H2,1-2H3,(H2,21,22,23,24). The summed E-state index contributed by atoms with van der Waals surface area (Å²) < 4.78 is 11.5. The van der Waals surface area contributed by atoms with E-state index >= 15 is 0 Å². The van der Waals surface area contributed by atoms with Gasteiger partial charge < -0.3 is 20.1 Å². The first kappa shape index (κ1) is 18.1. The highest BCUT2D eigenvalue weighted by Crippen LogP contribution is 2.26. The number of benzene rings is 1. The minimum atomic E-state index is -0.410. The second-order valence-electron chi connectivity index (χ2n) is 6.13. The summed E-state index contributed by atoms with van der Waals surface area (Å²) in [6.07, 6.45) is 3.09. The molecule has 2 heterocycles. The van der Waals surface area contributed by atoms with Crippen LogP contribution in [0.2, 0.25) is 0 Å². The Kier molecular flexibility index (Phi) is 5.98. The predicted octanol–water partition coefficient (Wildman–Crippen LogP) is 2.10. The lowest BCUT2D eigenvalue weighted by molar-refractivity contribution is 0.000341. The van der Waals surface area contributed by atoms with Crippen LogP contribution >= 0.6 is 0 Å². The predicted molar refractivity (Wildman–Crippen MR) is 98.7 cm³/mol. The van der Waals surface area contributed by atoms with E-state index in [9.17, 15) is 4.79 Å². The van der Waals surface area contributed by atoms with Crippen molar-refractivity contribution in [1.29, 1.82) is 0 Å². The molecule has 1 aliphatic rings. The van der Waals surface area contributed by atoms with E-state index in [2.05, 4.69) is 25.9 Å². The summed E-state index contributed by atoms with van der Waals surface area (Å²) in [7, 11) is 0. The molecule has 1 aromatic carbocycles. The van der Waals surface area contributed by atoms with Gasteiger partial charge in [-0.15, -0.1) is 0 Å². The molecule has 2 aromatic rings. The molecule has 1 saturated heterocycles. The van der Waals surface area contributed by atoms with Crippen LogP contribution in [0, 0.1) is 13.8 Å². The minimum absolute atomic E-state index is 0.00577. The van der Waals surface area contributed by atoms with E-state index in [1.807, 2.05) is 32.0 Å². The quantitative estimate of drug-likeness (QED) is 0.758. The molecule has 8 heteroatoms. The first-order chi connectivity index (χ1) is 12.6. The van der Waals surface area contributed by atoms with Gasteiger partial charge in [0.15, 0.2) is 5.82 Å². The first-order valence-electron chi connectivity index (χ1n) is 8.52. The van der Waals surface area contributed by atoms with Crippen molar-refractivity contribution in [2.24, 2.45) is 0 Å². The number of nitrogens with one attached hydrogen (secondary N) is 3. The highest BCUT2D eigenvalue weighted by molar-refractivity contribution is 6.00. The molecule has 0 bridgehead atoms. The van der Waals surface area contributed by atoms with E-state index in [-0.39, 0.29) is 6.10 Å². The summed E-state index contributed by atoms with van der Waals surface area (Å²) in [6, 6.07) is 5.20. The fourth-order valence-electron chi connectivity index (χ4n) is 2.49. The normalized spacial score (nSPS) is 16.8. The molecule has 1 unspecified atom stereocenters. The number of rotatable bonds is 5. The molecule has 138 valence electrons. The fourth-order valence-corrected chi connectivity index (χ4v) is 2.49. The summed E-state index contributed by atoms with van der Waals surface area (Å²) in [4.78, 5) is 20.4. The summed E-state index contributed by atoms with van der Waals surface area (Å²) in [5.74, 6) is 0.980. The molecule has 1 fully saturated rings. The van der Waals surface area contributed by atoms with E-state index in [0.717, 1.165) is 24.3 Å². The van der Waals surface area contributed by atoms with Gasteiger partial charge in [-0.2, -0.15) is 0 Å². The topological polar surface area (TPSA) is 97.4 Å². The van der Waals surface area contributed by atoms with Gasteiger partial charge in [-0.25, -0.2) is 9.78 Å². The van der Waals surface area contributed by atoms with Gasteiger partial charge in [-0.3, -0.25) is 10.3 Å². The first-order valence-corrected chi connectivity index (χ1v) is 8.52. The van der Waals surface area contributed by atoms with E-state index in [1.54, 1.807) is 6.20 Å².